The molecule has 1 fully saturated rings. The molecule has 3 aromatic rings. The van der Waals surface area contributed by atoms with Gasteiger partial charge in [0.25, 0.3) is 11.7 Å². The van der Waals surface area contributed by atoms with Gasteiger partial charge in [-0.15, -0.1) is 0 Å². The molecule has 0 radical (unpaired) electrons. The Morgan fingerprint density at radius 3 is 1.98 bits per heavy atom. The molecule has 4 rings (SSSR count). The molecule has 1 atom stereocenters. The van der Waals surface area contributed by atoms with E-state index >= 15 is 0 Å². The molecule has 0 bridgehead atoms. The minimum Gasteiger partial charge on any atom is -0.507 e. The van der Waals surface area contributed by atoms with E-state index < -0.39 is 29.3 Å². The summed E-state index contributed by atoms with van der Waals surface area (Å²) < 4.78 is 41.3. The average molecular weight is 592 g/mol. The summed E-state index contributed by atoms with van der Waals surface area (Å²) in [5, 5.41) is 11.6. The number of carbonyl (C=O) groups is 2. The summed E-state index contributed by atoms with van der Waals surface area (Å²) >= 11 is 12.8. The summed E-state index contributed by atoms with van der Waals surface area (Å²) in [6.07, 6.45) is 0. The Kier molecular flexibility index (Phi) is 8.32. The van der Waals surface area contributed by atoms with Gasteiger partial charge < -0.3 is 28.8 Å². The van der Waals surface area contributed by atoms with Crippen LogP contribution in [0.5, 0.6) is 28.7 Å². The molecule has 1 aliphatic heterocycles. The number of Topliss-reactive ketones (excluding diaryl/α,β-unsaturated/α-hetero) is 1. The second-order valence-corrected chi connectivity index (χ2v) is 9.18. The normalized spacial score (nSPS) is 16.2. The number of benzene rings is 3. The molecule has 3 aromatic carbocycles. The highest BCUT2D eigenvalue weighted by Crippen LogP contribution is 2.50. The number of amides is 1. The van der Waals surface area contributed by atoms with E-state index in [9.17, 15) is 19.1 Å². The van der Waals surface area contributed by atoms with Crippen molar-refractivity contribution in [3.05, 3.63) is 75.0 Å². The number of hydrogen-bond donors (Lipinski definition) is 1. The minimum absolute atomic E-state index is 0.0125. The third-order valence-corrected chi connectivity index (χ3v) is 6.95. The molecule has 12 heteroatoms. The molecule has 1 heterocycles. The van der Waals surface area contributed by atoms with Crippen molar-refractivity contribution in [2.75, 3.05) is 40.4 Å². The maximum atomic E-state index is 14.3. The molecule has 0 spiro atoms. The van der Waals surface area contributed by atoms with Gasteiger partial charge in [-0.2, -0.15) is 0 Å². The van der Waals surface area contributed by atoms with Crippen LogP contribution in [0.3, 0.4) is 0 Å². The third kappa shape index (κ3) is 4.73. The summed E-state index contributed by atoms with van der Waals surface area (Å²) in [6, 6.07) is 8.19. The number of methoxy groups -OCH3 is 5. The van der Waals surface area contributed by atoms with E-state index in [4.69, 9.17) is 46.9 Å². The van der Waals surface area contributed by atoms with Crippen molar-refractivity contribution in [2.45, 2.75) is 6.04 Å². The number of rotatable bonds is 8. The highest BCUT2D eigenvalue weighted by molar-refractivity contribution is 6.52. The molecule has 9 nitrogen and oxygen atoms in total. The SMILES string of the molecule is COc1cc(C2/C(=C(\O)c3cc(Cl)c(OC)c(Cl)c3OC)C(=O)C(=O)N2c2cccc(F)c2)cc(OC)c1OC. The Bertz CT molecular complexity index is 1520. The molecule has 1 amide bonds. The van der Waals surface area contributed by atoms with E-state index in [1.54, 1.807) is 0 Å². The third-order valence-electron chi connectivity index (χ3n) is 6.33. The number of carbonyl (C=O) groups excluding carboxylic acids is 2. The molecule has 1 saturated heterocycles. The summed E-state index contributed by atoms with van der Waals surface area (Å²) in [5.74, 6) is -2.63. The molecule has 1 aliphatic rings. The standard InChI is InChI=1S/C28H24Cl2FNO8/c1-36-18-9-13(10-19(37-2)27(18)40-5)22-20(24(34)28(35)32(22)15-8-6-7-14(31)11-15)23(33)16-12-17(29)26(39-4)21(30)25(16)38-3/h6-12,22,33H,1-5H3/b23-20+. The number of ether oxygens (including phenoxy) is 5. The second-order valence-electron chi connectivity index (χ2n) is 8.39. The molecular formula is C28H24Cl2FNO8. The van der Waals surface area contributed by atoms with E-state index in [1.165, 1.54) is 71.9 Å². The van der Waals surface area contributed by atoms with E-state index in [-0.39, 0.29) is 61.2 Å². The number of aliphatic hydroxyl groups is 1. The number of anilines is 1. The minimum atomic E-state index is -1.28. The molecule has 0 aliphatic carbocycles. The first-order valence-corrected chi connectivity index (χ1v) is 12.4. The number of ketones is 1. The second kappa shape index (κ2) is 11.5. The van der Waals surface area contributed by atoms with Gasteiger partial charge in [-0.25, -0.2) is 4.39 Å². The van der Waals surface area contributed by atoms with Crippen LogP contribution in [-0.2, 0) is 9.59 Å². The zero-order valence-corrected chi connectivity index (χ0v) is 23.5. The Balaban J connectivity index is 2.09. The van der Waals surface area contributed by atoms with Crippen molar-refractivity contribution in [2.24, 2.45) is 0 Å². The summed E-state index contributed by atoms with van der Waals surface area (Å²) in [4.78, 5) is 28.1. The summed E-state index contributed by atoms with van der Waals surface area (Å²) in [6.45, 7) is 0. The fraction of sp³-hybridized carbons (Fsp3) is 0.214. The molecule has 40 heavy (non-hydrogen) atoms. The van der Waals surface area contributed by atoms with Gasteiger partial charge in [-0.05, 0) is 42.0 Å². The van der Waals surface area contributed by atoms with E-state index in [0.29, 0.717) is 0 Å². The van der Waals surface area contributed by atoms with Crippen LogP contribution in [0.4, 0.5) is 10.1 Å². The highest BCUT2D eigenvalue weighted by atomic mass is 35.5. The fourth-order valence-corrected chi connectivity index (χ4v) is 5.28. The molecule has 1 unspecified atom stereocenters. The van der Waals surface area contributed by atoms with Crippen molar-refractivity contribution in [1.29, 1.82) is 0 Å². The van der Waals surface area contributed by atoms with Gasteiger partial charge in [-0.1, -0.05) is 29.3 Å². The van der Waals surface area contributed by atoms with Crippen LogP contribution >= 0.6 is 23.2 Å². The largest absolute Gasteiger partial charge is 0.507 e. The molecule has 0 aromatic heterocycles. The van der Waals surface area contributed by atoms with Crippen LogP contribution in [0.1, 0.15) is 17.2 Å². The fourth-order valence-electron chi connectivity index (χ4n) is 4.59. The molecule has 210 valence electrons. The Morgan fingerprint density at radius 2 is 1.45 bits per heavy atom. The smallest absolute Gasteiger partial charge is 0.300 e. The van der Waals surface area contributed by atoms with Crippen LogP contribution < -0.4 is 28.6 Å². The zero-order chi connectivity index (χ0) is 29.3. The Hall–Kier alpha value is -4.15. The lowest BCUT2D eigenvalue weighted by molar-refractivity contribution is -0.132. The van der Waals surface area contributed by atoms with Gasteiger partial charge in [0.05, 0.1) is 57.8 Å². The lowest BCUT2D eigenvalue weighted by Crippen LogP contribution is -2.29. The van der Waals surface area contributed by atoms with Gasteiger partial charge in [0.15, 0.2) is 23.0 Å². The topological polar surface area (TPSA) is 104 Å². The van der Waals surface area contributed by atoms with Gasteiger partial charge in [0.2, 0.25) is 5.75 Å². The summed E-state index contributed by atoms with van der Waals surface area (Å²) in [7, 11) is 6.87. The monoisotopic (exact) mass is 591 g/mol. The van der Waals surface area contributed by atoms with Crippen LogP contribution in [-0.4, -0.2) is 52.3 Å². The van der Waals surface area contributed by atoms with Crippen LogP contribution in [0.25, 0.3) is 5.76 Å². The quantitative estimate of drug-likeness (QED) is 0.199. The van der Waals surface area contributed by atoms with Crippen LogP contribution in [0.15, 0.2) is 48.0 Å². The predicted molar refractivity (Wildman–Crippen MR) is 147 cm³/mol. The van der Waals surface area contributed by atoms with Crippen molar-refractivity contribution in [3.63, 3.8) is 0 Å². The van der Waals surface area contributed by atoms with Gasteiger partial charge in [-0.3, -0.25) is 14.5 Å². The maximum Gasteiger partial charge on any atom is 0.300 e. The zero-order valence-electron chi connectivity index (χ0n) is 22.0. The number of halogens is 3. The first kappa shape index (κ1) is 28.8. The van der Waals surface area contributed by atoms with Crippen molar-refractivity contribution < 1.29 is 42.8 Å². The summed E-state index contributed by atoms with van der Waals surface area (Å²) in [5.41, 5.74) is -0.0750. The van der Waals surface area contributed by atoms with E-state index in [2.05, 4.69) is 0 Å². The lowest BCUT2D eigenvalue weighted by Gasteiger charge is -2.27. The lowest BCUT2D eigenvalue weighted by atomic mass is 9.94. The van der Waals surface area contributed by atoms with Gasteiger partial charge >= 0.3 is 0 Å². The number of nitrogens with zero attached hydrogens (tertiary/aromatic N) is 1. The van der Waals surface area contributed by atoms with Crippen LogP contribution in [0.2, 0.25) is 10.0 Å². The predicted octanol–water partition coefficient (Wildman–Crippen LogP) is 5.80. The van der Waals surface area contributed by atoms with Crippen molar-refractivity contribution in [1.82, 2.24) is 0 Å². The Morgan fingerprint density at radius 1 is 0.850 bits per heavy atom. The molecule has 0 saturated carbocycles. The van der Waals surface area contributed by atoms with E-state index in [1.807, 2.05) is 0 Å². The number of aliphatic hydroxyl groups excluding tert-OH is 1. The number of hydrogen-bond acceptors (Lipinski definition) is 8. The van der Waals surface area contributed by atoms with Crippen LogP contribution in [0, 0.1) is 5.82 Å². The van der Waals surface area contributed by atoms with Crippen molar-refractivity contribution in [3.8, 4) is 28.7 Å². The Labute approximate surface area is 239 Å². The van der Waals surface area contributed by atoms with Gasteiger partial charge in [0.1, 0.15) is 16.6 Å². The first-order valence-electron chi connectivity index (χ1n) is 11.6. The highest BCUT2D eigenvalue weighted by Gasteiger charge is 2.48. The molecule has 1 N–H and O–H groups in total. The average Bonchev–Trinajstić information content (AvgIpc) is 3.21. The van der Waals surface area contributed by atoms with E-state index in [0.717, 1.165) is 11.0 Å². The first-order chi connectivity index (χ1) is 19.1. The van der Waals surface area contributed by atoms with Crippen molar-refractivity contribution >= 4 is 46.3 Å². The van der Waals surface area contributed by atoms with Gasteiger partial charge in [0, 0.05) is 5.69 Å². The maximum absolute atomic E-state index is 14.3. The molecular weight excluding hydrogens is 568 g/mol.